The molecule has 1 amide bonds. The Morgan fingerprint density at radius 1 is 1.42 bits per heavy atom. The fourth-order valence-electron chi connectivity index (χ4n) is 2.86. The van der Waals surface area contributed by atoms with Gasteiger partial charge in [-0.2, -0.15) is 0 Å². The molecule has 1 aliphatic heterocycles. The summed E-state index contributed by atoms with van der Waals surface area (Å²) in [6, 6.07) is 0. The summed E-state index contributed by atoms with van der Waals surface area (Å²) in [5.74, 6) is 1.36. The average Bonchev–Trinajstić information content (AvgIpc) is 2.26. The third-order valence-electron chi connectivity index (χ3n) is 3.27. The number of fused-ring (bicyclic) bond motifs is 2. The van der Waals surface area contributed by atoms with Crippen molar-refractivity contribution in [2.45, 2.75) is 12.8 Å². The number of nitrogens with zero attached hydrogens (tertiary/aromatic N) is 1. The molecule has 3 heteroatoms. The van der Waals surface area contributed by atoms with Crippen molar-refractivity contribution in [2.75, 3.05) is 20.1 Å². The SMILES string of the molecule is CN1CC2C[C@@H](C1)[C@@H](C(N)=O)C2. The molecule has 2 aliphatic rings. The summed E-state index contributed by atoms with van der Waals surface area (Å²) < 4.78 is 0. The van der Waals surface area contributed by atoms with Crippen molar-refractivity contribution < 1.29 is 4.79 Å². The Bertz CT molecular complexity index is 205. The van der Waals surface area contributed by atoms with Gasteiger partial charge in [0.15, 0.2) is 0 Å². The number of amides is 1. The van der Waals surface area contributed by atoms with Crippen LogP contribution in [0.15, 0.2) is 0 Å². The highest BCUT2D eigenvalue weighted by atomic mass is 16.1. The number of carbonyl (C=O) groups excluding carboxylic acids is 1. The first-order chi connectivity index (χ1) is 5.66. The predicted molar refractivity (Wildman–Crippen MR) is 46.4 cm³/mol. The van der Waals surface area contributed by atoms with E-state index < -0.39 is 0 Å². The summed E-state index contributed by atoms with van der Waals surface area (Å²) in [4.78, 5) is 13.4. The molecule has 0 radical (unpaired) electrons. The third-order valence-corrected chi connectivity index (χ3v) is 3.27. The minimum absolute atomic E-state index is 0.0854. The van der Waals surface area contributed by atoms with Gasteiger partial charge in [-0.25, -0.2) is 0 Å². The average molecular weight is 168 g/mol. The first-order valence-electron chi connectivity index (χ1n) is 4.64. The highest BCUT2D eigenvalue weighted by Gasteiger charge is 2.41. The van der Waals surface area contributed by atoms with E-state index in [0.29, 0.717) is 5.92 Å². The molecule has 1 heterocycles. The molecule has 3 atom stereocenters. The number of hydrogen-bond acceptors (Lipinski definition) is 2. The molecule has 2 N–H and O–H groups in total. The molecule has 0 aromatic heterocycles. The lowest BCUT2D eigenvalue weighted by atomic mass is 9.94. The summed E-state index contributed by atoms with van der Waals surface area (Å²) in [7, 11) is 2.13. The van der Waals surface area contributed by atoms with Gasteiger partial charge in [0, 0.05) is 19.0 Å². The quantitative estimate of drug-likeness (QED) is 0.602. The minimum atomic E-state index is -0.0854. The summed E-state index contributed by atoms with van der Waals surface area (Å²) >= 11 is 0. The molecule has 12 heavy (non-hydrogen) atoms. The summed E-state index contributed by atoms with van der Waals surface area (Å²) in [5.41, 5.74) is 5.34. The van der Waals surface area contributed by atoms with Crippen LogP contribution in [-0.4, -0.2) is 30.9 Å². The van der Waals surface area contributed by atoms with Gasteiger partial charge < -0.3 is 10.6 Å². The van der Waals surface area contributed by atoms with Crippen LogP contribution in [0.5, 0.6) is 0 Å². The second-order valence-electron chi connectivity index (χ2n) is 4.33. The second kappa shape index (κ2) is 2.73. The first-order valence-corrected chi connectivity index (χ1v) is 4.64. The molecule has 1 saturated heterocycles. The molecule has 68 valence electrons. The zero-order chi connectivity index (χ0) is 8.72. The van der Waals surface area contributed by atoms with Crippen LogP contribution < -0.4 is 5.73 Å². The van der Waals surface area contributed by atoms with Crippen LogP contribution in [0.3, 0.4) is 0 Å². The topological polar surface area (TPSA) is 46.3 Å². The number of carbonyl (C=O) groups is 1. The Labute approximate surface area is 72.9 Å². The monoisotopic (exact) mass is 168 g/mol. The number of piperidine rings is 1. The van der Waals surface area contributed by atoms with E-state index in [-0.39, 0.29) is 11.8 Å². The molecule has 0 aromatic rings. The zero-order valence-electron chi connectivity index (χ0n) is 7.49. The van der Waals surface area contributed by atoms with E-state index in [0.717, 1.165) is 25.4 Å². The van der Waals surface area contributed by atoms with Crippen LogP contribution in [0.1, 0.15) is 12.8 Å². The molecule has 0 aromatic carbocycles. The van der Waals surface area contributed by atoms with Crippen LogP contribution in [0.25, 0.3) is 0 Å². The van der Waals surface area contributed by atoms with Gasteiger partial charge in [-0.05, 0) is 31.7 Å². The first kappa shape index (κ1) is 8.05. The molecule has 2 fully saturated rings. The van der Waals surface area contributed by atoms with Crippen molar-refractivity contribution >= 4 is 5.91 Å². The van der Waals surface area contributed by atoms with Crippen LogP contribution >= 0.6 is 0 Å². The molecule has 3 nitrogen and oxygen atoms in total. The number of nitrogens with two attached hydrogens (primary N) is 1. The van der Waals surface area contributed by atoms with E-state index in [9.17, 15) is 4.79 Å². The lowest BCUT2D eigenvalue weighted by Crippen LogP contribution is -2.36. The fourth-order valence-corrected chi connectivity index (χ4v) is 2.86. The van der Waals surface area contributed by atoms with Gasteiger partial charge >= 0.3 is 0 Å². The van der Waals surface area contributed by atoms with Gasteiger partial charge in [0.2, 0.25) is 5.91 Å². The fraction of sp³-hybridized carbons (Fsp3) is 0.889. The molecular weight excluding hydrogens is 152 g/mol. The van der Waals surface area contributed by atoms with Crippen molar-refractivity contribution in [1.29, 1.82) is 0 Å². The van der Waals surface area contributed by atoms with Crippen LogP contribution in [0.4, 0.5) is 0 Å². The van der Waals surface area contributed by atoms with E-state index >= 15 is 0 Å². The van der Waals surface area contributed by atoms with Crippen molar-refractivity contribution in [3.8, 4) is 0 Å². The largest absolute Gasteiger partial charge is 0.369 e. The molecule has 1 aliphatic carbocycles. The normalized spacial score (nSPS) is 41.6. The van der Waals surface area contributed by atoms with Crippen LogP contribution in [0, 0.1) is 17.8 Å². The van der Waals surface area contributed by atoms with Crippen molar-refractivity contribution in [1.82, 2.24) is 4.90 Å². The highest BCUT2D eigenvalue weighted by Crippen LogP contribution is 2.40. The Balaban J connectivity index is 2.09. The predicted octanol–water partition coefficient (Wildman–Crippen LogP) is 0.0595. The Hall–Kier alpha value is -0.570. The van der Waals surface area contributed by atoms with Crippen molar-refractivity contribution in [3.05, 3.63) is 0 Å². The molecule has 0 spiro atoms. The van der Waals surface area contributed by atoms with E-state index in [1.165, 1.54) is 6.42 Å². The van der Waals surface area contributed by atoms with Crippen LogP contribution in [-0.2, 0) is 4.79 Å². The van der Waals surface area contributed by atoms with Gasteiger partial charge in [0.1, 0.15) is 0 Å². The Kier molecular flexibility index (Phi) is 1.83. The highest BCUT2D eigenvalue weighted by molar-refractivity contribution is 5.77. The van der Waals surface area contributed by atoms with Gasteiger partial charge in [0.05, 0.1) is 0 Å². The Morgan fingerprint density at radius 3 is 2.83 bits per heavy atom. The maximum Gasteiger partial charge on any atom is 0.220 e. The molecule has 1 unspecified atom stereocenters. The minimum Gasteiger partial charge on any atom is -0.369 e. The van der Waals surface area contributed by atoms with Crippen molar-refractivity contribution in [3.63, 3.8) is 0 Å². The second-order valence-corrected chi connectivity index (χ2v) is 4.33. The summed E-state index contributed by atoms with van der Waals surface area (Å²) in [5, 5.41) is 0. The lowest BCUT2D eigenvalue weighted by Gasteiger charge is -2.28. The molecule has 2 rings (SSSR count). The number of primary amides is 1. The summed E-state index contributed by atoms with van der Waals surface area (Å²) in [6.07, 6.45) is 2.25. The number of hydrogen-bond donors (Lipinski definition) is 1. The van der Waals surface area contributed by atoms with Gasteiger partial charge in [0.25, 0.3) is 0 Å². The number of rotatable bonds is 1. The molecule has 1 saturated carbocycles. The molecular formula is C9H16N2O. The molecule has 2 bridgehead atoms. The van der Waals surface area contributed by atoms with Gasteiger partial charge in [-0.1, -0.05) is 0 Å². The van der Waals surface area contributed by atoms with Crippen molar-refractivity contribution in [2.24, 2.45) is 23.5 Å². The standard InChI is InChI=1S/C9H16N2O/c1-11-4-6-2-7(5-11)8(3-6)9(10)12/h6-8H,2-5H2,1H3,(H2,10,12)/t6?,7-,8-/m0/s1. The van der Waals surface area contributed by atoms with E-state index in [1.807, 2.05) is 0 Å². The maximum absolute atomic E-state index is 11.1. The van der Waals surface area contributed by atoms with E-state index in [1.54, 1.807) is 0 Å². The third kappa shape index (κ3) is 1.22. The van der Waals surface area contributed by atoms with Crippen LogP contribution in [0.2, 0.25) is 0 Å². The Morgan fingerprint density at radius 2 is 2.17 bits per heavy atom. The maximum atomic E-state index is 11.1. The zero-order valence-corrected chi connectivity index (χ0v) is 7.49. The van der Waals surface area contributed by atoms with E-state index in [2.05, 4.69) is 11.9 Å². The van der Waals surface area contributed by atoms with Gasteiger partial charge in [-0.15, -0.1) is 0 Å². The lowest BCUT2D eigenvalue weighted by molar-refractivity contribution is -0.122. The van der Waals surface area contributed by atoms with E-state index in [4.69, 9.17) is 5.73 Å². The smallest absolute Gasteiger partial charge is 0.220 e. The number of likely N-dealkylation sites (tertiary alicyclic amines) is 1. The van der Waals surface area contributed by atoms with Gasteiger partial charge in [-0.3, -0.25) is 4.79 Å². The summed E-state index contributed by atoms with van der Waals surface area (Å²) in [6.45, 7) is 2.21.